The Morgan fingerprint density at radius 3 is 2.61 bits per heavy atom. The van der Waals surface area contributed by atoms with E-state index in [1.807, 2.05) is 38.4 Å². The van der Waals surface area contributed by atoms with Gasteiger partial charge in [0.2, 0.25) is 0 Å². The molecule has 0 bridgehead atoms. The van der Waals surface area contributed by atoms with Crippen LogP contribution in [-0.4, -0.2) is 48.2 Å². The Kier molecular flexibility index (Phi) is 5.54. The number of aromatic nitrogens is 1. The Labute approximate surface area is 134 Å². The van der Waals surface area contributed by atoms with E-state index < -0.39 is 11.5 Å². The molecule has 0 aliphatic rings. The molecule has 2 aromatic rings. The monoisotopic (exact) mass is 316 g/mol. The zero-order valence-electron chi connectivity index (χ0n) is 13.2. The second-order valence-corrected chi connectivity index (χ2v) is 5.42. The molecule has 0 spiro atoms. The van der Waals surface area contributed by atoms with Crippen LogP contribution in [0.3, 0.4) is 0 Å². The fourth-order valence-corrected chi connectivity index (χ4v) is 2.18. The number of aromatic amines is 1. The largest absolute Gasteiger partial charge is 0.493 e. The lowest BCUT2D eigenvalue weighted by atomic mass is 10.1. The Morgan fingerprint density at radius 2 is 1.96 bits per heavy atom. The number of carboxylic acids is 1. The minimum absolute atomic E-state index is 0.280. The molecule has 0 unspecified atom stereocenters. The zero-order valence-corrected chi connectivity index (χ0v) is 13.2. The summed E-state index contributed by atoms with van der Waals surface area (Å²) in [4.78, 5) is 27.4. The number of H-pyrrole nitrogens is 1. The van der Waals surface area contributed by atoms with Crippen LogP contribution >= 0.6 is 0 Å². The molecule has 0 radical (unpaired) electrons. The lowest BCUT2D eigenvalue weighted by Gasteiger charge is -2.13. The number of hydrogen-bond acceptors (Lipinski definition) is 4. The summed E-state index contributed by atoms with van der Waals surface area (Å²) in [5.74, 6) is -0.587. The number of aromatic carboxylic acids is 1. The van der Waals surface area contributed by atoms with Gasteiger partial charge in [0.15, 0.2) is 0 Å². The highest BCUT2D eigenvalue weighted by Gasteiger charge is 2.12. The van der Waals surface area contributed by atoms with Crippen molar-refractivity contribution < 1.29 is 14.6 Å². The Hall–Kier alpha value is -2.60. The second kappa shape index (κ2) is 7.60. The van der Waals surface area contributed by atoms with Gasteiger partial charge < -0.3 is 19.7 Å². The van der Waals surface area contributed by atoms with Crippen molar-refractivity contribution in [1.29, 1.82) is 0 Å². The topological polar surface area (TPSA) is 82.6 Å². The van der Waals surface area contributed by atoms with E-state index in [0.717, 1.165) is 18.5 Å². The van der Waals surface area contributed by atoms with Crippen LogP contribution in [-0.2, 0) is 0 Å². The van der Waals surface area contributed by atoms with E-state index in [9.17, 15) is 9.59 Å². The number of hydrogen-bond donors (Lipinski definition) is 2. The Bertz CT molecular complexity index is 737. The van der Waals surface area contributed by atoms with Crippen molar-refractivity contribution in [2.45, 2.75) is 6.42 Å². The van der Waals surface area contributed by atoms with Crippen molar-refractivity contribution in [2.75, 3.05) is 27.2 Å². The molecule has 0 aliphatic carbocycles. The van der Waals surface area contributed by atoms with Crippen molar-refractivity contribution in [3.63, 3.8) is 0 Å². The predicted octanol–water partition coefficient (Wildman–Crippen LogP) is 2.07. The normalized spacial score (nSPS) is 10.7. The molecule has 2 rings (SSSR count). The fraction of sp³-hybridized carbons (Fsp3) is 0.294. The number of nitrogens with zero attached hydrogens (tertiary/aromatic N) is 1. The predicted molar refractivity (Wildman–Crippen MR) is 88.1 cm³/mol. The third-order valence-electron chi connectivity index (χ3n) is 3.32. The molecule has 6 nitrogen and oxygen atoms in total. The van der Waals surface area contributed by atoms with Crippen LogP contribution in [0.1, 0.15) is 16.8 Å². The van der Waals surface area contributed by atoms with Crippen LogP contribution in [0.5, 0.6) is 5.75 Å². The van der Waals surface area contributed by atoms with Gasteiger partial charge in [-0.15, -0.1) is 0 Å². The summed E-state index contributed by atoms with van der Waals surface area (Å²) >= 11 is 0. The number of benzene rings is 1. The molecule has 1 heterocycles. The second-order valence-electron chi connectivity index (χ2n) is 5.42. The van der Waals surface area contributed by atoms with E-state index in [1.54, 1.807) is 6.07 Å². The highest BCUT2D eigenvalue weighted by molar-refractivity contribution is 5.87. The first-order chi connectivity index (χ1) is 11.0. The first-order valence-electron chi connectivity index (χ1n) is 7.32. The average molecular weight is 316 g/mol. The van der Waals surface area contributed by atoms with Crippen molar-refractivity contribution in [3.05, 3.63) is 52.3 Å². The van der Waals surface area contributed by atoms with Gasteiger partial charge in [-0.25, -0.2) is 4.79 Å². The van der Waals surface area contributed by atoms with E-state index in [2.05, 4.69) is 9.88 Å². The molecule has 0 saturated heterocycles. The molecule has 0 atom stereocenters. The fourth-order valence-electron chi connectivity index (χ4n) is 2.18. The van der Waals surface area contributed by atoms with E-state index in [1.165, 1.54) is 6.07 Å². The van der Waals surface area contributed by atoms with Crippen molar-refractivity contribution >= 4 is 5.97 Å². The van der Waals surface area contributed by atoms with Crippen molar-refractivity contribution in [2.24, 2.45) is 0 Å². The van der Waals surface area contributed by atoms with Crippen LogP contribution in [0, 0.1) is 0 Å². The van der Waals surface area contributed by atoms with E-state index >= 15 is 0 Å². The van der Waals surface area contributed by atoms with Gasteiger partial charge >= 0.3 is 5.97 Å². The standard InChI is InChI=1S/C17H20N2O4/c1-19(2)10-5-11-23-15-7-4-3-6-12(15)14-9-8-13(17(21)22)16(20)18-14/h3-4,6-9H,5,10-11H2,1-2H3,(H,18,20)(H,21,22). The number of para-hydroxylation sites is 1. The van der Waals surface area contributed by atoms with Gasteiger partial charge in [0, 0.05) is 12.1 Å². The summed E-state index contributed by atoms with van der Waals surface area (Å²) in [6, 6.07) is 10.2. The summed E-state index contributed by atoms with van der Waals surface area (Å²) in [6.45, 7) is 1.49. The molecule has 6 heteroatoms. The smallest absolute Gasteiger partial charge is 0.341 e. The van der Waals surface area contributed by atoms with Gasteiger partial charge in [0.1, 0.15) is 11.3 Å². The van der Waals surface area contributed by atoms with Crippen LogP contribution in [0.4, 0.5) is 0 Å². The highest BCUT2D eigenvalue weighted by Crippen LogP contribution is 2.27. The van der Waals surface area contributed by atoms with Crippen LogP contribution in [0.15, 0.2) is 41.2 Å². The molecular weight excluding hydrogens is 296 g/mol. The van der Waals surface area contributed by atoms with Gasteiger partial charge in [0.25, 0.3) is 5.56 Å². The number of nitrogens with one attached hydrogen (secondary N) is 1. The van der Waals surface area contributed by atoms with Crippen LogP contribution in [0.25, 0.3) is 11.3 Å². The maximum atomic E-state index is 11.8. The minimum Gasteiger partial charge on any atom is -0.493 e. The molecule has 2 N–H and O–H groups in total. The SMILES string of the molecule is CN(C)CCCOc1ccccc1-c1ccc(C(=O)O)c(=O)[nH]1. The number of rotatable bonds is 7. The summed E-state index contributed by atoms with van der Waals surface area (Å²) in [6.07, 6.45) is 0.885. The summed E-state index contributed by atoms with van der Waals surface area (Å²) < 4.78 is 5.79. The summed E-state index contributed by atoms with van der Waals surface area (Å²) in [7, 11) is 4.01. The first-order valence-corrected chi connectivity index (χ1v) is 7.32. The maximum absolute atomic E-state index is 11.8. The van der Waals surface area contributed by atoms with Gasteiger partial charge in [-0.2, -0.15) is 0 Å². The van der Waals surface area contributed by atoms with Crippen LogP contribution in [0.2, 0.25) is 0 Å². The van der Waals surface area contributed by atoms with Gasteiger partial charge in [-0.05, 0) is 44.8 Å². The van der Waals surface area contributed by atoms with E-state index in [0.29, 0.717) is 18.1 Å². The first kappa shape index (κ1) is 16.8. The van der Waals surface area contributed by atoms with Crippen molar-refractivity contribution in [3.8, 4) is 17.0 Å². The highest BCUT2D eigenvalue weighted by atomic mass is 16.5. The van der Waals surface area contributed by atoms with Gasteiger partial charge in [0.05, 0.1) is 12.3 Å². The molecule has 1 aromatic heterocycles. The lowest BCUT2D eigenvalue weighted by molar-refractivity contribution is 0.0695. The Balaban J connectivity index is 2.21. The van der Waals surface area contributed by atoms with E-state index in [-0.39, 0.29) is 5.56 Å². The number of ether oxygens (including phenoxy) is 1. The zero-order chi connectivity index (χ0) is 16.8. The molecule has 122 valence electrons. The Morgan fingerprint density at radius 1 is 1.22 bits per heavy atom. The number of pyridine rings is 1. The van der Waals surface area contributed by atoms with Crippen molar-refractivity contribution in [1.82, 2.24) is 9.88 Å². The molecule has 0 saturated carbocycles. The summed E-state index contributed by atoms with van der Waals surface area (Å²) in [5, 5.41) is 8.92. The third kappa shape index (κ3) is 4.43. The van der Waals surface area contributed by atoms with Crippen LogP contribution < -0.4 is 10.3 Å². The molecule has 23 heavy (non-hydrogen) atoms. The van der Waals surface area contributed by atoms with E-state index in [4.69, 9.17) is 9.84 Å². The average Bonchev–Trinajstić information content (AvgIpc) is 2.51. The number of carboxylic acid groups (broad SMARTS) is 1. The maximum Gasteiger partial charge on any atom is 0.341 e. The molecule has 0 amide bonds. The molecular formula is C17H20N2O4. The minimum atomic E-state index is -1.24. The lowest BCUT2D eigenvalue weighted by Crippen LogP contribution is -2.17. The molecule has 0 fully saturated rings. The molecule has 1 aromatic carbocycles. The molecule has 0 aliphatic heterocycles. The van der Waals surface area contributed by atoms with Gasteiger partial charge in [-0.1, -0.05) is 12.1 Å². The van der Waals surface area contributed by atoms with Gasteiger partial charge in [-0.3, -0.25) is 4.79 Å². The quantitative estimate of drug-likeness (QED) is 0.764. The summed E-state index contributed by atoms with van der Waals surface area (Å²) in [5.41, 5.74) is 0.352. The number of carbonyl (C=O) groups is 1. The third-order valence-corrected chi connectivity index (χ3v) is 3.32.